The molecule has 2 fully saturated rings. The van der Waals surface area contributed by atoms with Crippen molar-refractivity contribution in [1.29, 1.82) is 0 Å². The third-order valence-corrected chi connectivity index (χ3v) is 2.00. The zero-order valence-electron chi connectivity index (χ0n) is 7.27. The Bertz CT molecular complexity index is 168. The molecule has 4 heteroatoms. The summed E-state index contributed by atoms with van der Waals surface area (Å²) in [6.07, 6.45) is -0.379. The highest BCUT2D eigenvalue weighted by atomic mass is 16.8. The third kappa shape index (κ3) is 1.61. The molecular formula is C8H14O4. The number of ether oxygens (including phenoxy) is 3. The second-order valence-corrected chi connectivity index (χ2v) is 3.54. The lowest BCUT2D eigenvalue weighted by Crippen LogP contribution is -2.39. The molecule has 0 aromatic carbocycles. The van der Waals surface area contributed by atoms with Crippen molar-refractivity contribution in [2.75, 3.05) is 0 Å². The molecule has 12 heavy (non-hydrogen) atoms. The van der Waals surface area contributed by atoms with Crippen molar-refractivity contribution in [2.24, 2.45) is 0 Å². The lowest BCUT2D eigenvalue weighted by molar-refractivity contribution is -0.235. The highest BCUT2D eigenvalue weighted by molar-refractivity contribution is 4.86. The van der Waals surface area contributed by atoms with Crippen LogP contribution in [0.25, 0.3) is 0 Å². The number of hydrogen-bond acceptors (Lipinski definition) is 4. The van der Waals surface area contributed by atoms with E-state index in [4.69, 9.17) is 14.2 Å². The van der Waals surface area contributed by atoms with Gasteiger partial charge in [-0.25, -0.2) is 0 Å². The van der Waals surface area contributed by atoms with E-state index >= 15 is 0 Å². The number of epoxide rings is 1. The van der Waals surface area contributed by atoms with Crippen LogP contribution in [0.5, 0.6) is 0 Å². The molecule has 0 spiro atoms. The Hall–Kier alpha value is -0.160. The molecule has 70 valence electrons. The van der Waals surface area contributed by atoms with Crippen LogP contribution in [0, 0.1) is 0 Å². The van der Waals surface area contributed by atoms with E-state index in [0.717, 1.165) is 0 Å². The number of fused-ring (bicyclic) bond motifs is 1. The average molecular weight is 174 g/mol. The maximum absolute atomic E-state index is 9.48. The number of aliphatic hydroxyl groups is 1. The van der Waals surface area contributed by atoms with E-state index in [9.17, 15) is 5.11 Å². The fraction of sp³-hybridized carbons (Fsp3) is 1.00. The van der Waals surface area contributed by atoms with Crippen LogP contribution in [0.3, 0.4) is 0 Å². The van der Waals surface area contributed by atoms with Gasteiger partial charge in [0.15, 0.2) is 12.6 Å². The Balaban J connectivity index is 1.87. The van der Waals surface area contributed by atoms with Gasteiger partial charge in [0.1, 0.15) is 12.2 Å². The Morgan fingerprint density at radius 1 is 1.42 bits per heavy atom. The lowest BCUT2D eigenvalue weighted by atomic mass is 10.1. The highest BCUT2D eigenvalue weighted by Gasteiger charge is 2.50. The molecule has 0 amide bonds. The topological polar surface area (TPSA) is 51.2 Å². The molecule has 0 aromatic rings. The fourth-order valence-corrected chi connectivity index (χ4v) is 1.38. The molecule has 0 aromatic heterocycles. The SMILES string of the molecule is CC(C)OC1OC2OC2CC1O. The van der Waals surface area contributed by atoms with Crippen LogP contribution in [-0.2, 0) is 14.2 Å². The molecule has 2 aliphatic rings. The molecule has 0 bridgehead atoms. The monoisotopic (exact) mass is 174 g/mol. The van der Waals surface area contributed by atoms with Gasteiger partial charge < -0.3 is 19.3 Å². The smallest absolute Gasteiger partial charge is 0.187 e. The van der Waals surface area contributed by atoms with E-state index < -0.39 is 12.4 Å². The summed E-state index contributed by atoms with van der Waals surface area (Å²) in [6, 6.07) is 0. The Morgan fingerprint density at radius 3 is 2.83 bits per heavy atom. The van der Waals surface area contributed by atoms with Crippen molar-refractivity contribution in [2.45, 2.75) is 51.2 Å². The van der Waals surface area contributed by atoms with E-state index in [1.54, 1.807) is 0 Å². The van der Waals surface area contributed by atoms with Gasteiger partial charge >= 0.3 is 0 Å². The van der Waals surface area contributed by atoms with E-state index in [2.05, 4.69) is 0 Å². The normalized spacial score (nSPS) is 46.0. The van der Waals surface area contributed by atoms with Crippen LogP contribution in [0.4, 0.5) is 0 Å². The van der Waals surface area contributed by atoms with E-state index in [0.29, 0.717) is 6.42 Å². The molecule has 2 rings (SSSR count). The minimum atomic E-state index is -0.545. The van der Waals surface area contributed by atoms with Gasteiger partial charge in [-0.15, -0.1) is 0 Å². The van der Waals surface area contributed by atoms with Crippen LogP contribution in [-0.4, -0.2) is 36.0 Å². The molecule has 4 nitrogen and oxygen atoms in total. The minimum Gasteiger partial charge on any atom is -0.388 e. The van der Waals surface area contributed by atoms with Gasteiger partial charge in [-0.2, -0.15) is 0 Å². The lowest BCUT2D eigenvalue weighted by Gasteiger charge is -2.26. The second kappa shape index (κ2) is 2.96. The number of rotatable bonds is 2. The highest BCUT2D eigenvalue weighted by Crippen LogP contribution is 2.35. The molecular weight excluding hydrogens is 160 g/mol. The Labute approximate surface area is 71.4 Å². The van der Waals surface area contributed by atoms with Gasteiger partial charge in [0, 0.05) is 6.42 Å². The van der Waals surface area contributed by atoms with Crippen LogP contribution < -0.4 is 0 Å². The molecule has 2 heterocycles. The van der Waals surface area contributed by atoms with Crippen LogP contribution in [0.1, 0.15) is 20.3 Å². The number of hydrogen-bond donors (Lipinski definition) is 1. The average Bonchev–Trinajstić information content (AvgIpc) is 2.65. The van der Waals surface area contributed by atoms with Crippen molar-refractivity contribution in [3.05, 3.63) is 0 Å². The summed E-state index contributed by atoms with van der Waals surface area (Å²) in [7, 11) is 0. The van der Waals surface area contributed by atoms with Gasteiger partial charge in [0.2, 0.25) is 0 Å². The molecule has 4 unspecified atom stereocenters. The molecule has 4 atom stereocenters. The predicted octanol–water partition coefficient (Wildman–Crippen LogP) is 0.244. The van der Waals surface area contributed by atoms with Crippen molar-refractivity contribution in [3.8, 4) is 0 Å². The van der Waals surface area contributed by atoms with Crippen molar-refractivity contribution < 1.29 is 19.3 Å². The van der Waals surface area contributed by atoms with E-state index in [-0.39, 0.29) is 18.5 Å². The van der Waals surface area contributed by atoms with Crippen LogP contribution >= 0.6 is 0 Å². The maximum atomic E-state index is 9.48. The van der Waals surface area contributed by atoms with Gasteiger partial charge in [-0.1, -0.05) is 0 Å². The first-order valence-corrected chi connectivity index (χ1v) is 4.31. The molecule has 0 radical (unpaired) electrons. The summed E-state index contributed by atoms with van der Waals surface area (Å²) in [6.45, 7) is 3.83. The molecule has 2 aliphatic heterocycles. The van der Waals surface area contributed by atoms with Crippen molar-refractivity contribution in [3.63, 3.8) is 0 Å². The first-order chi connectivity index (χ1) is 5.66. The summed E-state index contributed by atoms with van der Waals surface area (Å²) >= 11 is 0. The Morgan fingerprint density at radius 2 is 2.17 bits per heavy atom. The predicted molar refractivity (Wildman–Crippen MR) is 40.4 cm³/mol. The molecule has 1 N–H and O–H groups in total. The fourth-order valence-electron chi connectivity index (χ4n) is 1.38. The third-order valence-electron chi connectivity index (χ3n) is 2.00. The number of aliphatic hydroxyl groups excluding tert-OH is 1. The first kappa shape index (κ1) is 8.44. The Kier molecular flexibility index (Phi) is 2.08. The maximum Gasteiger partial charge on any atom is 0.187 e. The van der Waals surface area contributed by atoms with Gasteiger partial charge in [-0.05, 0) is 13.8 Å². The van der Waals surface area contributed by atoms with Gasteiger partial charge in [-0.3, -0.25) is 0 Å². The van der Waals surface area contributed by atoms with Crippen LogP contribution in [0.2, 0.25) is 0 Å². The zero-order valence-corrected chi connectivity index (χ0v) is 7.27. The molecule has 0 saturated carbocycles. The van der Waals surface area contributed by atoms with E-state index in [1.807, 2.05) is 13.8 Å². The molecule has 0 aliphatic carbocycles. The summed E-state index contributed by atoms with van der Waals surface area (Å²) in [5, 5.41) is 9.48. The second-order valence-electron chi connectivity index (χ2n) is 3.54. The summed E-state index contributed by atoms with van der Waals surface area (Å²) in [5.74, 6) is 0. The largest absolute Gasteiger partial charge is 0.388 e. The van der Waals surface area contributed by atoms with Gasteiger partial charge in [0.25, 0.3) is 0 Å². The quantitative estimate of drug-likeness (QED) is 0.609. The molecule has 2 saturated heterocycles. The summed E-state index contributed by atoms with van der Waals surface area (Å²) in [4.78, 5) is 0. The summed E-state index contributed by atoms with van der Waals surface area (Å²) in [5.41, 5.74) is 0. The van der Waals surface area contributed by atoms with Gasteiger partial charge in [0.05, 0.1) is 6.10 Å². The standard InChI is InChI=1S/C8H14O4/c1-4(2)10-7-5(9)3-6-8(11-6)12-7/h4-9H,3H2,1-2H3. The van der Waals surface area contributed by atoms with Crippen LogP contribution in [0.15, 0.2) is 0 Å². The van der Waals surface area contributed by atoms with E-state index in [1.165, 1.54) is 0 Å². The zero-order chi connectivity index (χ0) is 8.72. The van der Waals surface area contributed by atoms with Crippen molar-refractivity contribution in [1.82, 2.24) is 0 Å². The summed E-state index contributed by atoms with van der Waals surface area (Å²) < 4.78 is 15.7. The minimum absolute atomic E-state index is 0.0694. The first-order valence-electron chi connectivity index (χ1n) is 4.31. The van der Waals surface area contributed by atoms with Crippen molar-refractivity contribution >= 4 is 0 Å².